The molecule has 0 aliphatic rings. The number of amides is 2. The second-order valence-corrected chi connectivity index (χ2v) is 6.07. The first-order valence-corrected chi connectivity index (χ1v) is 8.28. The van der Waals surface area contributed by atoms with Gasteiger partial charge in [-0.1, -0.05) is 35.9 Å². The number of rotatable bonds is 7. The molecule has 0 aromatic heterocycles. The molecule has 2 rings (SSSR count). The van der Waals surface area contributed by atoms with E-state index in [1.165, 1.54) is 6.92 Å². The van der Waals surface area contributed by atoms with Crippen molar-refractivity contribution in [2.45, 2.75) is 25.9 Å². The Kier molecular flexibility index (Phi) is 6.83. The molecule has 0 radical (unpaired) electrons. The van der Waals surface area contributed by atoms with Crippen LogP contribution < -0.4 is 15.4 Å². The fourth-order valence-electron chi connectivity index (χ4n) is 2.39. The molecular formula is C19H21ClN2O3. The summed E-state index contributed by atoms with van der Waals surface area (Å²) >= 11 is 5.89. The largest absolute Gasteiger partial charge is 0.497 e. The van der Waals surface area contributed by atoms with E-state index in [1.54, 1.807) is 31.4 Å². The molecule has 1 unspecified atom stereocenters. The van der Waals surface area contributed by atoms with E-state index in [2.05, 4.69) is 10.6 Å². The van der Waals surface area contributed by atoms with Crippen LogP contribution in [0.2, 0.25) is 5.02 Å². The molecule has 6 heteroatoms. The van der Waals surface area contributed by atoms with Crippen LogP contribution in [0.1, 0.15) is 30.5 Å². The molecule has 2 N–H and O–H groups in total. The summed E-state index contributed by atoms with van der Waals surface area (Å²) < 4.78 is 5.10. The van der Waals surface area contributed by atoms with Crippen molar-refractivity contribution in [2.24, 2.45) is 0 Å². The molecule has 132 valence electrons. The molecule has 0 aliphatic carbocycles. The Labute approximate surface area is 152 Å². The highest BCUT2D eigenvalue weighted by atomic mass is 35.5. The number of halogens is 1. The zero-order valence-electron chi connectivity index (χ0n) is 14.2. The lowest BCUT2D eigenvalue weighted by Crippen LogP contribution is -2.32. The molecule has 0 spiro atoms. The van der Waals surface area contributed by atoms with E-state index in [-0.39, 0.29) is 18.2 Å². The first-order valence-electron chi connectivity index (χ1n) is 7.90. The average molecular weight is 361 g/mol. The Morgan fingerprint density at radius 2 is 1.72 bits per heavy atom. The van der Waals surface area contributed by atoms with E-state index in [9.17, 15) is 9.59 Å². The van der Waals surface area contributed by atoms with Crippen LogP contribution >= 0.6 is 11.6 Å². The van der Waals surface area contributed by atoms with Gasteiger partial charge in [-0.15, -0.1) is 0 Å². The monoisotopic (exact) mass is 360 g/mol. The van der Waals surface area contributed by atoms with Crippen LogP contribution in [0.4, 0.5) is 0 Å². The third kappa shape index (κ3) is 6.12. The summed E-state index contributed by atoms with van der Waals surface area (Å²) in [5, 5.41) is 6.27. The zero-order valence-corrected chi connectivity index (χ0v) is 15.0. The fraction of sp³-hybridized carbons (Fsp3) is 0.263. The van der Waals surface area contributed by atoms with Crippen molar-refractivity contribution >= 4 is 23.4 Å². The predicted molar refractivity (Wildman–Crippen MR) is 97.5 cm³/mol. The molecule has 2 aromatic rings. The van der Waals surface area contributed by atoms with E-state index in [0.717, 1.165) is 16.9 Å². The minimum atomic E-state index is -0.398. The summed E-state index contributed by atoms with van der Waals surface area (Å²) in [4.78, 5) is 23.7. The SMILES string of the molecule is COc1ccc(CNC(=O)CC(NC(C)=O)c2ccc(Cl)cc2)cc1. The summed E-state index contributed by atoms with van der Waals surface area (Å²) in [7, 11) is 1.61. The number of benzene rings is 2. The fourth-order valence-corrected chi connectivity index (χ4v) is 2.52. The second kappa shape index (κ2) is 9.08. The van der Waals surface area contributed by atoms with Gasteiger partial charge in [0.25, 0.3) is 0 Å². The summed E-state index contributed by atoms with van der Waals surface area (Å²) in [5.74, 6) is 0.427. The molecule has 5 nitrogen and oxygen atoms in total. The molecule has 0 saturated carbocycles. The van der Waals surface area contributed by atoms with E-state index in [4.69, 9.17) is 16.3 Å². The summed E-state index contributed by atoms with van der Waals surface area (Å²) in [5.41, 5.74) is 1.80. The van der Waals surface area contributed by atoms with Crippen LogP contribution in [0, 0.1) is 0 Å². The lowest BCUT2D eigenvalue weighted by atomic mass is 10.0. The van der Waals surface area contributed by atoms with Gasteiger partial charge in [0.1, 0.15) is 5.75 Å². The van der Waals surface area contributed by atoms with Gasteiger partial charge in [0.05, 0.1) is 19.6 Å². The maximum Gasteiger partial charge on any atom is 0.222 e. The normalized spacial score (nSPS) is 11.5. The quantitative estimate of drug-likeness (QED) is 0.796. The Morgan fingerprint density at radius 3 is 2.28 bits per heavy atom. The number of hydrogen-bond donors (Lipinski definition) is 2. The highest BCUT2D eigenvalue weighted by Gasteiger charge is 2.17. The molecule has 1 atom stereocenters. The van der Waals surface area contributed by atoms with E-state index < -0.39 is 6.04 Å². The van der Waals surface area contributed by atoms with Gasteiger partial charge in [-0.05, 0) is 35.4 Å². The zero-order chi connectivity index (χ0) is 18.2. The standard InChI is InChI=1S/C19H21ClN2O3/c1-13(23)22-18(15-5-7-16(20)8-6-15)11-19(24)21-12-14-3-9-17(25-2)10-4-14/h3-10,18H,11-12H2,1-2H3,(H,21,24)(H,22,23). The lowest BCUT2D eigenvalue weighted by molar-refractivity contribution is -0.122. The minimum Gasteiger partial charge on any atom is -0.497 e. The van der Waals surface area contributed by atoms with E-state index in [0.29, 0.717) is 11.6 Å². The number of carbonyl (C=O) groups is 2. The number of hydrogen-bond acceptors (Lipinski definition) is 3. The maximum absolute atomic E-state index is 12.3. The topological polar surface area (TPSA) is 67.4 Å². The molecule has 0 aliphatic heterocycles. The summed E-state index contributed by atoms with van der Waals surface area (Å²) in [6.45, 7) is 1.84. The van der Waals surface area contributed by atoms with Gasteiger partial charge in [-0.2, -0.15) is 0 Å². The van der Waals surface area contributed by atoms with E-state index >= 15 is 0 Å². The Balaban J connectivity index is 1.96. The number of nitrogens with one attached hydrogen (secondary N) is 2. The molecule has 25 heavy (non-hydrogen) atoms. The molecule has 0 saturated heterocycles. The third-order valence-corrected chi connectivity index (χ3v) is 3.94. The Bertz CT molecular complexity index is 714. The smallest absolute Gasteiger partial charge is 0.222 e. The van der Waals surface area contributed by atoms with Crippen LogP contribution in [-0.4, -0.2) is 18.9 Å². The Morgan fingerprint density at radius 1 is 1.08 bits per heavy atom. The minimum absolute atomic E-state index is 0.149. The van der Waals surface area contributed by atoms with Gasteiger partial charge < -0.3 is 15.4 Å². The van der Waals surface area contributed by atoms with Crippen LogP contribution in [0.5, 0.6) is 5.75 Å². The Hall–Kier alpha value is -2.53. The van der Waals surface area contributed by atoms with Crippen LogP contribution in [-0.2, 0) is 16.1 Å². The molecule has 2 amide bonds. The highest BCUT2D eigenvalue weighted by Crippen LogP contribution is 2.19. The first kappa shape index (κ1) is 18.8. The van der Waals surface area contributed by atoms with Gasteiger partial charge >= 0.3 is 0 Å². The van der Waals surface area contributed by atoms with E-state index in [1.807, 2.05) is 24.3 Å². The van der Waals surface area contributed by atoms with Crippen LogP contribution in [0.15, 0.2) is 48.5 Å². The van der Waals surface area contributed by atoms with Gasteiger partial charge in [-0.3, -0.25) is 9.59 Å². The van der Waals surface area contributed by atoms with Gasteiger partial charge in [0, 0.05) is 18.5 Å². The number of ether oxygens (including phenoxy) is 1. The molecular weight excluding hydrogens is 340 g/mol. The van der Waals surface area contributed by atoms with Crippen molar-refractivity contribution in [3.05, 3.63) is 64.7 Å². The van der Waals surface area contributed by atoms with Gasteiger partial charge in [-0.25, -0.2) is 0 Å². The maximum atomic E-state index is 12.3. The lowest BCUT2D eigenvalue weighted by Gasteiger charge is -2.18. The number of methoxy groups -OCH3 is 1. The second-order valence-electron chi connectivity index (χ2n) is 5.63. The molecule has 0 fully saturated rings. The predicted octanol–water partition coefficient (Wildman–Crippen LogP) is 3.23. The highest BCUT2D eigenvalue weighted by molar-refractivity contribution is 6.30. The first-order chi connectivity index (χ1) is 12.0. The van der Waals surface area contributed by atoms with Crippen molar-refractivity contribution in [3.63, 3.8) is 0 Å². The van der Waals surface area contributed by atoms with Crippen LogP contribution in [0.3, 0.4) is 0 Å². The molecule has 0 heterocycles. The van der Waals surface area contributed by atoms with Crippen LogP contribution in [0.25, 0.3) is 0 Å². The molecule has 0 bridgehead atoms. The molecule has 2 aromatic carbocycles. The average Bonchev–Trinajstić information content (AvgIpc) is 2.60. The third-order valence-electron chi connectivity index (χ3n) is 3.69. The van der Waals surface area contributed by atoms with Crippen molar-refractivity contribution in [1.29, 1.82) is 0 Å². The summed E-state index contributed by atoms with van der Waals surface area (Å²) in [6, 6.07) is 14.2. The summed E-state index contributed by atoms with van der Waals surface area (Å²) in [6.07, 6.45) is 0.150. The number of carbonyl (C=O) groups excluding carboxylic acids is 2. The van der Waals surface area contributed by atoms with Crippen molar-refractivity contribution in [3.8, 4) is 5.75 Å². The van der Waals surface area contributed by atoms with Crippen molar-refractivity contribution < 1.29 is 14.3 Å². The van der Waals surface area contributed by atoms with Crippen molar-refractivity contribution in [2.75, 3.05) is 7.11 Å². The van der Waals surface area contributed by atoms with Gasteiger partial charge in [0.2, 0.25) is 11.8 Å². The van der Waals surface area contributed by atoms with Crippen molar-refractivity contribution in [1.82, 2.24) is 10.6 Å². The van der Waals surface area contributed by atoms with Gasteiger partial charge in [0.15, 0.2) is 0 Å².